The van der Waals surface area contributed by atoms with Gasteiger partial charge in [0, 0.05) is 5.56 Å². The zero-order valence-corrected chi connectivity index (χ0v) is 14.4. The van der Waals surface area contributed by atoms with Gasteiger partial charge in [0.15, 0.2) is 5.78 Å². The lowest BCUT2D eigenvalue weighted by Gasteiger charge is -2.08. The third-order valence-corrected chi connectivity index (χ3v) is 4.82. The molecule has 128 valence electrons. The standard InChI is InChI=1S/C18H21NO4S/c1-2-3-12-23-16-9-7-8-15(13-16)18(20)14-19-24(21,22)17-10-5-4-6-11-17/h4-11,13,19H,2-3,12,14H2,1H3. The van der Waals surface area contributed by atoms with Crippen LogP contribution >= 0.6 is 0 Å². The minimum Gasteiger partial charge on any atom is -0.494 e. The van der Waals surface area contributed by atoms with Gasteiger partial charge >= 0.3 is 0 Å². The third-order valence-electron chi connectivity index (χ3n) is 3.40. The van der Waals surface area contributed by atoms with E-state index in [9.17, 15) is 13.2 Å². The number of Topliss-reactive ketones (excluding diaryl/α,β-unsaturated/α-hetero) is 1. The van der Waals surface area contributed by atoms with E-state index in [-0.39, 0.29) is 17.2 Å². The largest absolute Gasteiger partial charge is 0.494 e. The summed E-state index contributed by atoms with van der Waals surface area (Å²) >= 11 is 0. The van der Waals surface area contributed by atoms with Crippen molar-refractivity contribution in [2.45, 2.75) is 24.7 Å². The summed E-state index contributed by atoms with van der Waals surface area (Å²) in [6.07, 6.45) is 1.97. The van der Waals surface area contributed by atoms with E-state index in [1.807, 2.05) is 0 Å². The Morgan fingerprint density at radius 3 is 2.54 bits per heavy atom. The number of hydrogen-bond donors (Lipinski definition) is 1. The van der Waals surface area contributed by atoms with E-state index in [0.717, 1.165) is 12.8 Å². The van der Waals surface area contributed by atoms with Gasteiger partial charge in [-0.25, -0.2) is 13.1 Å². The molecule has 0 amide bonds. The van der Waals surface area contributed by atoms with Crippen LogP contribution < -0.4 is 9.46 Å². The van der Waals surface area contributed by atoms with E-state index in [4.69, 9.17) is 4.74 Å². The maximum Gasteiger partial charge on any atom is 0.240 e. The van der Waals surface area contributed by atoms with Crippen molar-refractivity contribution in [1.82, 2.24) is 4.72 Å². The summed E-state index contributed by atoms with van der Waals surface area (Å²) in [5.41, 5.74) is 0.416. The second kappa shape index (κ2) is 8.61. The maximum absolute atomic E-state index is 12.2. The van der Waals surface area contributed by atoms with Crippen LogP contribution in [0.15, 0.2) is 59.5 Å². The molecule has 2 aromatic rings. The minimum absolute atomic E-state index is 0.134. The van der Waals surface area contributed by atoms with Gasteiger partial charge in [-0.1, -0.05) is 43.7 Å². The van der Waals surface area contributed by atoms with Crippen LogP contribution in [0.2, 0.25) is 0 Å². The number of nitrogens with one attached hydrogen (secondary N) is 1. The Morgan fingerprint density at radius 2 is 1.83 bits per heavy atom. The van der Waals surface area contributed by atoms with Gasteiger partial charge in [0.1, 0.15) is 5.75 Å². The Balaban J connectivity index is 1.99. The molecule has 0 fully saturated rings. The fourth-order valence-electron chi connectivity index (χ4n) is 2.04. The molecule has 0 bridgehead atoms. The molecule has 0 radical (unpaired) electrons. The zero-order chi connectivity index (χ0) is 17.4. The van der Waals surface area contributed by atoms with Gasteiger partial charge in [0.25, 0.3) is 0 Å². The summed E-state index contributed by atoms with van der Waals surface area (Å²) in [4.78, 5) is 12.4. The van der Waals surface area contributed by atoms with Crippen molar-refractivity contribution < 1.29 is 17.9 Å². The molecule has 1 N–H and O–H groups in total. The second-order valence-corrected chi connectivity index (χ2v) is 7.06. The van der Waals surface area contributed by atoms with Gasteiger partial charge in [0.2, 0.25) is 10.0 Å². The highest BCUT2D eigenvalue weighted by Crippen LogP contribution is 2.14. The highest BCUT2D eigenvalue weighted by Gasteiger charge is 2.16. The molecule has 0 aromatic heterocycles. The van der Waals surface area contributed by atoms with Crippen LogP contribution in [-0.2, 0) is 10.0 Å². The number of carbonyl (C=O) groups excluding carboxylic acids is 1. The summed E-state index contributed by atoms with van der Waals surface area (Å²) in [5.74, 6) is 0.302. The smallest absolute Gasteiger partial charge is 0.240 e. The van der Waals surface area contributed by atoms with Crippen molar-refractivity contribution >= 4 is 15.8 Å². The quantitative estimate of drug-likeness (QED) is 0.559. The Hall–Kier alpha value is -2.18. The molecule has 2 aromatic carbocycles. The Morgan fingerprint density at radius 1 is 1.08 bits per heavy atom. The van der Waals surface area contributed by atoms with E-state index in [1.165, 1.54) is 12.1 Å². The maximum atomic E-state index is 12.2. The van der Waals surface area contributed by atoms with Crippen LogP contribution in [0.4, 0.5) is 0 Å². The average Bonchev–Trinajstić information content (AvgIpc) is 2.61. The molecule has 24 heavy (non-hydrogen) atoms. The first kappa shape index (κ1) is 18.2. The molecule has 6 heteroatoms. The molecule has 0 saturated carbocycles. The summed E-state index contributed by atoms with van der Waals surface area (Å²) < 4.78 is 32.1. The number of ether oxygens (including phenoxy) is 1. The third kappa shape index (κ3) is 5.18. The molecule has 0 unspecified atom stereocenters. The molecule has 0 spiro atoms. The normalized spacial score (nSPS) is 11.2. The van der Waals surface area contributed by atoms with Crippen LogP contribution in [0.3, 0.4) is 0 Å². The van der Waals surface area contributed by atoms with Crippen LogP contribution in [0, 0.1) is 0 Å². The highest BCUT2D eigenvalue weighted by atomic mass is 32.2. The molecule has 0 aliphatic carbocycles. The fraction of sp³-hybridized carbons (Fsp3) is 0.278. The number of unbranched alkanes of at least 4 members (excludes halogenated alkanes) is 1. The summed E-state index contributed by atoms with van der Waals surface area (Å²) in [6.45, 7) is 2.37. The van der Waals surface area contributed by atoms with E-state index in [1.54, 1.807) is 42.5 Å². The fourth-order valence-corrected chi connectivity index (χ4v) is 3.04. The average molecular weight is 347 g/mol. The van der Waals surface area contributed by atoms with Crippen molar-refractivity contribution in [1.29, 1.82) is 0 Å². The molecular formula is C18H21NO4S. The molecule has 5 nitrogen and oxygen atoms in total. The van der Waals surface area contributed by atoms with Crippen LogP contribution in [0.1, 0.15) is 30.1 Å². The van der Waals surface area contributed by atoms with Crippen molar-refractivity contribution in [3.8, 4) is 5.75 Å². The predicted molar refractivity (Wildman–Crippen MR) is 92.8 cm³/mol. The molecule has 0 aliphatic rings. The van der Waals surface area contributed by atoms with Gasteiger partial charge in [-0.3, -0.25) is 4.79 Å². The monoisotopic (exact) mass is 347 g/mol. The first-order chi connectivity index (χ1) is 11.5. The first-order valence-electron chi connectivity index (χ1n) is 7.83. The van der Waals surface area contributed by atoms with Crippen molar-refractivity contribution in [2.75, 3.05) is 13.2 Å². The number of benzene rings is 2. The van der Waals surface area contributed by atoms with Crippen molar-refractivity contribution in [3.63, 3.8) is 0 Å². The molecule has 2 rings (SSSR count). The van der Waals surface area contributed by atoms with Gasteiger partial charge in [-0.15, -0.1) is 0 Å². The van der Waals surface area contributed by atoms with Gasteiger partial charge < -0.3 is 4.74 Å². The molecule has 0 atom stereocenters. The first-order valence-corrected chi connectivity index (χ1v) is 9.32. The zero-order valence-electron chi connectivity index (χ0n) is 13.6. The topological polar surface area (TPSA) is 72.5 Å². The SMILES string of the molecule is CCCCOc1cccc(C(=O)CNS(=O)(=O)c2ccccc2)c1. The van der Waals surface area contributed by atoms with Crippen LogP contribution in [0.5, 0.6) is 5.75 Å². The molecule has 0 heterocycles. The number of rotatable bonds is 9. The molecular weight excluding hydrogens is 326 g/mol. The molecule has 0 saturated heterocycles. The van der Waals surface area contributed by atoms with E-state index in [0.29, 0.717) is 17.9 Å². The number of ketones is 1. The number of sulfonamides is 1. The van der Waals surface area contributed by atoms with Gasteiger partial charge in [-0.05, 0) is 30.7 Å². The predicted octanol–water partition coefficient (Wildman–Crippen LogP) is 3.03. The van der Waals surface area contributed by atoms with Gasteiger partial charge in [0.05, 0.1) is 18.0 Å². The summed E-state index contributed by atoms with van der Waals surface area (Å²) in [5, 5.41) is 0. The Labute approximate surface area is 142 Å². The summed E-state index contributed by atoms with van der Waals surface area (Å²) in [6, 6.07) is 14.7. The van der Waals surface area contributed by atoms with E-state index >= 15 is 0 Å². The van der Waals surface area contributed by atoms with Gasteiger partial charge in [-0.2, -0.15) is 0 Å². The van der Waals surface area contributed by atoms with Crippen LogP contribution in [0.25, 0.3) is 0 Å². The second-order valence-electron chi connectivity index (χ2n) is 5.29. The molecule has 0 aliphatic heterocycles. The Bertz CT molecular complexity index is 773. The lowest BCUT2D eigenvalue weighted by atomic mass is 10.1. The van der Waals surface area contributed by atoms with Crippen LogP contribution in [-0.4, -0.2) is 27.4 Å². The lowest BCUT2D eigenvalue weighted by Crippen LogP contribution is -2.29. The highest BCUT2D eigenvalue weighted by molar-refractivity contribution is 7.89. The van der Waals surface area contributed by atoms with E-state index < -0.39 is 10.0 Å². The minimum atomic E-state index is -3.69. The van der Waals surface area contributed by atoms with Crippen molar-refractivity contribution in [2.24, 2.45) is 0 Å². The number of carbonyl (C=O) groups is 1. The number of hydrogen-bond acceptors (Lipinski definition) is 4. The van der Waals surface area contributed by atoms with E-state index in [2.05, 4.69) is 11.6 Å². The lowest BCUT2D eigenvalue weighted by molar-refractivity contribution is 0.0996. The Kier molecular flexibility index (Phi) is 6.52. The summed E-state index contributed by atoms with van der Waals surface area (Å²) in [7, 11) is -3.69. The van der Waals surface area contributed by atoms with Crippen molar-refractivity contribution in [3.05, 3.63) is 60.2 Å².